The van der Waals surface area contributed by atoms with Crippen molar-refractivity contribution in [3.05, 3.63) is 11.9 Å². The van der Waals surface area contributed by atoms with E-state index in [4.69, 9.17) is 14.9 Å². The highest BCUT2D eigenvalue weighted by molar-refractivity contribution is 7.55. The summed E-state index contributed by atoms with van der Waals surface area (Å²) < 4.78 is 10.2. The average Bonchev–Trinajstić information content (AvgIpc) is 1.57. The molecule has 0 fully saturated rings. The van der Waals surface area contributed by atoms with E-state index in [2.05, 4.69) is 0 Å². The molecule has 0 saturated carbocycles. The van der Waals surface area contributed by atoms with Crippen LogP contribution in [0.25, 0.3) is 0 Å². The van der Waals surface area contributed by atoms with Gasteiger partial charge in [0, 0.05) is 5.82 Å². The van der Waals surface area contributed by atoms with Crippen LogP contribution in [0.1, 0.15) is 13.8 Å². The summed E-state index contributed by atoms with van der Waals surface area (Å²) >= 11 is 0. The molecule has 5 heteroatoms. The molecule has 0 bridgehead atoms. The van der Waals surface area contributed by atoms with Crippen molar-refractivity contribution in [2.24, 2.45) is 0 Å². The van der Waals surface area contributed by atoms with Crippen LogP contribution in [0.2, 0.25) is 0 Å². The van der Waals surface area contributed by atoms with Gasteiger partial charge < -0.3 is 14.9 Å². The second kappa shape index (κ2) is 2.84. The predicted octanol–water partition coefficient (Wildman–Crippen LogP) is 0.449. The van der Waals surface area contributed by atoms with Crippen LogP contribution in [0, 0.1) is 0 Å². The number of hydrogen-bond donors (Lipinski definition) is 3. The fourth-order valence-corrected chi connectivity index (χ4v) is 0.839. The molecular formula is C5H11O4P. The molecule has 0 saturated heterocycles. The minimum Gasteiger partial charge on any atom is -0.386 e. The number of hydrogen-bond acceptors (Lipinski definition) is 2. The maximum absolute atomic E-state index is 10.2. The van der Waals surface area contributed by atoms with Gasteiger partial charge in [0.25, 0.3) is 0 Å². The first-order valence-corrected chi connectivity index (χ1v) is 4.37. The Morgan fingerprint density at radius 1 is 1.40 bits per heavy atom. The molecule has 0 amide bonds. The summed E-state index contributed by atoms with van der Waals surface area (Å²) in [6.45, 7) is 2.86. The Kier molecular flexibility index (Phi) is 2.80. The molecule has 0 aliphatic rings. The van der Waals surface area contributed by atoms with Crippen LogP contribution >= 0.6 is 7.60 Å². The molecule has 10 heavy (non-hydrogen) atoms. The van der Waals surface area contributed by atoms with Crippen LogP contribution in [0.15, 0.2) is 11.9 Å². The van der Waals surface area contributed by atoms with E-state index in [1.165, 1.54) is 13.8 Å². The quantitative estimate of drug-likeness (QED) is 0.520. The van der Waals surface area contributed by atoms with Crippen molar-refractivity contribution in [3.63, 3.8) is 0 Å². The van der Waals surface area contributed by atoms with Crippen molar-refractivity contribution < 1.29 is 19.5 Å². The van der Waals surface area contributed by atoms with Gasteiger partial charge in [-0.2, -0.15) is 0 Å². The first-order valence-electron chi connectivity index (χ1n) is 2.69. The van der Waals surface area contributed by atoms with Gasteiger partial charge in [-0.05, 0) is 19.9 Å². The molecule has 4 nitrogen and oxygen atoms in total. The largest absolute Gasteiger partial charge is 0.386 e. The summed E-state index contributed by atoms with van der Waals surface area (Å²) in [5, 5.41) is 8.95. The lowest BCUT2D eigenvalue weighted by atomic mass is 10.1. The normalized spacial score (nSPS) is 14.5. The van der Waals surface area contributed by atoms with E-state index < -0.39 is 13.2 Å². The summed E-state index contributed by atoms with van der Waals surface area (Å²) in [4.78, 5) is 16.6. The summed E-state index contributed by atoms with van der Waals surface area (Å²) in [6, 6.07) is 0. The van der Waals surface area contributed by atoms with E-state index in [0.29, 0.717) is 5.82 Å². The Hall–Kier alpha value is -0.150. The van der Waals surface area contributed by atoms with Crippen molar-refractivity contribution in [1.29, 1.82) is 0 Å². The van der Waals surface area contributed by atoms with Gasteiger partial charge in [0.15, 0.2) is 0 Å². The zero-order chi connectivity index (χ0) is 8.41. The molecule has 0 rings (SSSR count). The lowest BCUT2D eigenvalue weighted by Gasteiger charge is -2.09. The predicted molar refractivity (Wildman–Crippen MR) is 37.5 cm³/mol. The minimum atomic E-state index is -4.10. The molecule has 0 unspecified atom stereocenters. The van der Waals surface area contributed by atoms with E-state index in [9.17, 15) is 4.57 Å². The number of rotatable bonds is 2. The molecule has 60 valence electrons. The highest BCUT2D eigenvalue weighted by Gasteiger charge is 2.11. The van der Waals surface area contributed by atoms with Gasteiger partial charge in [0.05, 0.1) is 5.60 Å². The van der Waals surface area contributed by atoms with E-state index >= 15 is 0 Å². The van der Waals surface area contributed by atoms with E-state index in [1.807, 2.05) is 0 Å². The van der Waals surface area contributed by atoms with E-state index in [0.717, 1.165) is 6.08 Å². The van der Waals surface area contributed by atoms with Gasteiger partial charge in [0.2, 0.25) is 0 Å². The second-order valence-electron chi connectivity index (χ2n) is 2.56. The average molecular weight is 166 g/mol. The maximum atomic E-state index is 10.2. The van der Waals surface area contributed by atoms with E-state index in [1.54, 1.807) is 0 Å². The standard InChI is InChI=1S/C5H11O4P/c1-5(2,6)3-4-10(7,8)9/h3-4,6H,1-2H3,(H2,7,8,9)/b4-3-. The Morgan fingerprint density at radius 2 is 1.80 bits per heavy atom. The third-order valence-corrected chi connectivity index (χ3v) is 1.21. The molecule has 0 aliphatic carbocycles. The molecule has 0 aromatic carbocycles. The van der Waals surface area contributed by atoms with Gasteiger partial charge in [0.1, 0.15) is 0 Å². The van der Waals surface area contributed by atoms with Crippen LogP contribution in [0.5, 0.6) is 0 Å². The molecule has 0 spiro atoms. The summed E-state index contributed by atoms with van der Waals surface area (Å²) in [6.07, 6.45) is 1.06. The fraction of sp³-hybridized carbons (Fsp3) is 0.600. The van der Waals surface area contributed by atoms with Crippen molar-refractivity contribution in [2.75, 3.05) is 0 Å². The monoisotopic (exact) mass is 166 g/mol. The zero-order valence-corrected chi connectivity index (χ0v) is 6.75. The lowest BCUT2D eigenvalue weighted by Crippen LogP contribution is -2.13. The highest BCUT2D eigenvalue weighted by atomic mass is 31.2. The Morgan fingerprint density at radius 3 is 1.90 bits per heavy atom. The van der Waals surface area contributed by atoms with Crippen molar-refractivity contribution in [1.82, 2.24) is 0 Å². The van der Waals surface area contributed by atoms with Crippen LogP contribution in [-0.4, -0.2) is 20.5 Å². The molecule has 0 aromatic heterocycles. The van der Waals surface area contributed by atoms with Crippen LogP contribution < -0.4 is 0 Å². The first kappa shape index (κ1) is 9.85. The van der Waals surface area contributed by atoms with Gasteiger partial charge >= 0.3 is 7.60 Å². The molecule has 0 heterocycles. The Labute approximate surface area is 59.4 Å². The molecule has 3 N–H and O–H groups in total. The SMILES string of the molecule is CC(C)(O)/C=C\P(=O)(O)O. The smallest absolute Gasteiger partial charge is 0.348 e. The topological polar surface area (TPSA) is 77.8 Å². The van der Waals surface area contributed by atoms with Crippen LogP contribution in [0.4, 0.5) is 0 Å². The van der Waals surface area contributed by atoms with Crippen LogP contribution in [-0.2, 0) is 4.57 Å². The van der Waals surface area contributed by atoms with Crippen LogP contribution in [0.3, 0.4) is 0 Å². The maximum Gasteiger partial charge on any atom is 0.348 e. The summed E-state index contributed by atoms with van der Waals surface area (Å²) in [5.74, 6) is 0.688. The highest BCUT2D eigenvalue weighted by Crippen LogP contribution is 2.36. The second-order valence-corrected chi connectivity index (χ2v) is 4.03. The van der Waals surface area contributed by atoms with Crippen molar-refractivity contribution in [2.45, 2.75) is 19.4 Å². The van der Waals surface area contributed by atoms with Gasteiger partial charge in [-0.25, -0.2) is 0 Å². The minimum absolute atomic E-state index is 0.688. The van der Waals surface area contributed by atoms with Crippen molar-refractivity contribution in [3.8, 4) is 0 Å². The summed E-state index contributed by atoms with van der Waals surface area (Å²) in [7, 11) is -4.10. The molecule has 0 aromatic rings. The third kappa shape index (κ3) is 7.85. The first-order chi connectivity index (χ1) is 4.21. The Balaban J connectivity index is 4.16. The van der Waals surface area contributed by atoms with Gasteiger partial charge in [-0.15, -0.1) is 0 Å². The van der Waals surface area contributed by atoms with E-state index in [-0.39, 0.29) is 0 Å². The molecule has 0 aliphatic heterocycles. The Bertz CT molecular complexity index is 173. The summed E-state index contributed by atoms with van der Waals surface area (Å²) in [5.41, 5.74) is -1.17. The molecule has 0 atom stereocenters. The zero-order valence-electron chi connectivity index (χ0n) is 5.85. The fourth-order valence-electron chi connectivity index (χ4n) is 0.280. The number of aliphatic hydroxyl groups is 1. The van der Waals surface area contributed by atoms with Crippen molar-refractivity contribution >= 4 is 7.60 Å². The van der Waals surface area contributed by atoms with Gasteiger partial charge in [-0.1, -0.05) is 0 Å². The van der Waals surface area contributed by atoms with Gasteiger partial charge in [-0.3, -0.25) is 4.57 Å². The molecule has 0 radical (unpaired) electrons. The molecular weight excluding hydrogens is 155 g/mol. The third-order valence-electron chi connectivity index (χ3n) is 0.677. The lowest BCUT2D eigenvalue weighted by molar-refractivity contribution is 0.133.